The molecule has 3 nitrogen and oxygen atoms in total. The van der Waals surface area contributed by atoms with Crippen LogP contribution in [0.5, 0.6) is 0 Å². The first-order valence-electron chi connectivity index (χ1n) is 6.80. The summed E-state index contributed by atoms with van der Waals surface area (Å²) < 4.78 is 0. The van der Waals surface area contributed by atoms with Gasteiger partial charge in [-0.3, -0.25) is 0 Å². The molecule has 1 fully saturated rings. The van der Waals surface area contributed by atoms with Gasteiger partial charge in [-0.2, -0.15) is 0 Å². The third kappa shape index (κ3) is 4.40. The molecule has 0 radical (unpaired) electrons. The van der Waals surface area contributed by atoms with Gasteiger partial charge in [-0.25, -0.2) is 0 Å². The lowest BCUT2D eigenvalue weighted by Crippen LogP contribution is -2.43. The van der Waals surface area contributed by atoms with Crippen molar-refractivity contribution in [3.05, 3.63) is 0 Å². The lowest BCUT2D eigenvalue weighted by molar-refractivity contribution is -0.117. The van der Waals surface area contributed by atoms with Crippen molar-refractivity contribution in [3.8, 4) is 0 Å². The zero-order valence-electron chi connectivity index (χ0n) is 11.5. The largest absolute Gasteiger partial charge is 0.389 e. The molecule has 17 heavy (non-hydrogen) atoms. The molecular weight excluding hydrogens is 214 g/mol. The second kappa shape index (κ2) is 5.96. The monoisotopic (exact) mass is 241 g/mol. The number of carbonyl (C=O) groups excluding carboxylic acids is 1. The van der Waals surface area contributed by atoms with Crippen LogP contribution in [-0.2, 0) is 4.79 Å². The molecule has 1 N–H and O–H groups in total. The average Bonchev–Trinajstić information content (AvgIpc) is 2.64. The van der Waals surface area contributed by atoms with Crippen LogP contribution in [-0.4, -0.2) is 42.0 Å². The summed E-state index contributed by atoms with van der Waals surface area (Å²) in [7, 11) is 2.01. The number of hydrogen-bond donors (Lipinski definition) is 1. The van der Waals surface area contributed by atoms with E-state index in [4.69, 9.17) is 0 Å². The highest BCUT2D eigenvalue weighted by molar-refractivity contribution is 5.58. The van der Waals surface area contributed by atoms with Gasteiger partial charge in [0.2, 0.25) is 0 Å². The third-order valence-corrected chi connectivity index (χ3v) is 3.84. The maximum Gasteiger partial charge on any atom is 0.127 e. The summed E-state index contributed by atoms with van der Waals surface area (Å²) in [6.07, 6.45) is 7.08. The van der Waals surface area contributed by atoms with Gasteiger partial charge in [0.25, 0.3) is 0 Å². The van der Waals surface area contributed by atoms with E-state index < -0.39 is 5.60 Å². The minimum absolute atomic E-state index is 0.265. The number of likely N-dealkylation sites (N-methyl/N-ethyl adjacent to an activating group) is 1. The quantitative estimate of drug-likeness (QED) is 0.695. The first kappa shape index (κ1) is 14.7. The van der Waals surface area contributed by atoms with Gasteiger partial charge in [0, 0.05) is 18.5 Å². The second-order valence-corrected chi connectivity index (χ2v) is 6.13. The Hall–Kier alpha value is -0.410. The Balaban J connectivity index is 2.47. The van der Waals surface area contributed by atoms with Gasteiger partial charge >= 0.3 is 0 Å². The molecule has 100 valence electrons. The van der Waals surface area contributed by atoms with Crippen LogP contribution in [0.2, 0.25) is 0 Å². The van der Waals surface area contributed by atoms with E-state index in [1.165, 1.54) is 0 Å². The summed E-state index contributed by atoms with van der Waals surface area (Å²) in [4.78, 5) is 13.3. The van der Waals surface area contributed by atoms with Gasteiger partial charge in [0.15, 0.2) is 0 Å². The number of carbonyl (C=O) groups is 1. The number of hydrogen-bond acceptors (Lipinski definition) is 3. The Bertz CT molecular complexity index is 249. The van der Waals surface area contributed by atoms with Crippen molar-refractivity contribution < 1.29 is 9.90 Å². The highest BCUT2D eigenvalue weighted by Crippen LogP contribution is 2.31. The van der Waals surface area contributed by atoms with Crippen molar-refractivity contribution in [2.45, 2.75) is 58.0 Å². The predicted molar refractivity (Wildman–Crippen MR) is 70.0 cm³/mol. The van der Waals surface area contributed by atoms with Crippen LogP contribution in [0.4, 0.5) is 0 Å². The molecule has 1 saturated carbocycles. The van der Waals surface area contributed by atoms with E-state index in [-0.39, 0.29) is 5.41 Å². The lowest BCUT2D eigenvalue weighted by Gasteiger charge is -2.33. The number of nitrogens with zero attached hydrogens (tertiary/aromatic N) is 1. The van der Waals surface area contributed by atoms with E-state index in [0.717, 1.165) is 51.4 Å². The molecule has 1 rings (SSSR count). The Morgan fingerprint density at radius 2 is 2.00 bits per heavy atom. The van der Waals surface area contributed by atoms with Crippen molar-refractivity contribution in [2.75, 3.05) is 20.1 Å². The fraction of sp³-hybridized carbons (Fsp3) is 0.929. The van der Waals surface area contributed by atoms with Gasteiger partial charge in [0.1, 0.15) is 6.29 Å². The first-order valence-corrected chi connectivity index (χ1v) is 6.80. The molecule has 0 aliphatic heterocycles. The Morgan fingerprint density at radius 1 is 1.41 bits per heavy atom. The molecule has 1 aliphatic rings. The van der Waals surface area contributed by atoms with E-state index in [9.17, 15) is 9.90 Å². The van der Waals surface area contributed by atoms with Crippen molar-refractivity contribution in [3.63, 3.8) is 0 Å². The Labute approximate surface area is 105 Å². The van der Waals surface area contributed by atoms with Crippen LogP contribution in [0.25, 0.3) is 0 Å². The molecule has 0 aromatic carbocycles. The number of rotatable bonds is 7. The fourth-order valence-electron chi connectivity index (χ4n) is 3.11. The van der Waals surface area contributed by atoms with Gasteiger partial charge in [-0.15, -0.1) is 0 Å². The smallest absolute Gasteiger partial charge is 0.127 e. The van der Waals surface area contributed by atoms with Crippen LogP contribution in [0.1, 0.15) is 52.4 Å². The Morgan fingerprint density at radius 3 is 2.47 bits per heavy atom. The van der Waals surface area contributed by atoms with Gasteiger partial charge in [-0.05, 0) is 26.3 Å². The molecule has 0 aromatic rings. The SMILES string of the molecule is CCCC(C)(C=O)CN(C)CC1(O)CCCC1. The second-order valence-electron chi connectivity index (χ2n) is 6.13. The standard InChI is InChI=1S/C14H27NO2/c1-4-7-13(2,12-16)10-15(3)11-14(17)8-5-6-9-14/h12,17H,4-11H2,1-3H3. The van der Waals surface area contributed by atoms with E-state index >= 15 is 0 Å². The number of aliphatic hydroxyl groups is 1. The van der Waals surface area contributed by atoms with Crippen LogP contribution >= 0.6 is 0 Å². The van der Waals surface area contributed by atoms with E-state index in [1.54, 1.807) is 0 Å². The normalized spacial score (nSPS) is 22.6. The molecule has 0 amide bonds. The molecule has 0 heterocycles. The molecule has 1 unspecified atom stereocenters. The predicted octanol–water partition coefficient (Wildman–Crippen LogP) is 2.23. The van der Waals surface area contributed by atoms with Crippen molar-refractivity contribution >= 4 is 6.29 Å². The summed E-state index contributed by atoms with van der Waals surface area (Å²) in [6, 6.07) is 0. The van der Waals surface area contributed by atoms with Gasteiger partial charge < -0.3 is 14.8 Å². The van der Waals surface area contributed by atoms with Crippen LogP contribution in [0, 0.1) is 5.41 Å². The first-order chi connectivity index (χ1) is 7.93. The molecule has 0 aromatic heterocycles. The molecular formula is C14H27NO2. The lowest BCUT2D eigenvalue weighted by atomic mass is 9.86. The van der Waals surface area contributed by atoms with Crippen LogP contribution < -0.4 is 0 Å². The summed E-state index contributed by atoms with van der Waals surface area (Å²) in [5.41, 5.74) is -0.775. The zero-order chi connectivity index (χ0) is 12.9. The summed E-state index contributed by atoms with van der Waals surface area (Å²) in [5, 5.41) is 10.3. The summed E-state index contributed by atoms with van der Waals surface area (Å²) >= 11 is 0. The van der Waals surface area contributed by atoms with Crippen molar-refractivity contribution in [2.24, 2.45) is 5.41 Å². The highest BCUT2D eigenvalue weighted by atomic mass is 16.3. The van der Waals surface area contributed by atoms with Gasteiger partial charge in [-0.1, -0.05) is 33.1 Å². The van der Waals surface area contributed by atoms with Crippen molar-refractivity contribution in [1.29, 1.82) is 0 Å². The number of aldehydes is 1. The van der Waals surface area contributed by atoms with Crippen molar-refractivity contribution in [1.82, 2.24) is 4.90 Å². The molecule has 0 spiro atoms. The van der Waals surface area contributed by atoms with Crippen LogP contribution in [0.15, 0.2) is 0 Å². The molecule has 1 aliphatic carbocycles. The van der Waals surface area contributed by atoms with E-state index in [2.05, 4.69) is 11.8 Å². The fourth-order valence-corrected chi connectivity index (χ4v) is 3.11. The summed E-state index contributed by atoms with van der Waals surface area (Å²) in [5.74, 6) is 0. The average molecular weight is 241 g/mol. The summed E-state index contributed by atoms with van der Waals surface area (Å²) in [6.45, 7) is 5.55. The molecule has 0 saturated heterocycles. The van der Waals surface area contributed by atoms with E-state index in [0.29, 0.717) is 6.54 Å². The zero-order valence-corrected chi connectivity index (χ0v) is 11.5. The minimum Gasteiger partial charge on any atom is -0.389 e. The van der Waals surface area contributed by atoms with Gasteiger partial charge in [0.05, 0.1) is 5.60 Å². The molecule has 3 heteroatoms. The maximum absolute atomic E-state index is 11.2. The minimum atomic E-state index is -0.509. The van der Waals surface area contributed by atoms with Crippen LogP contribution in [0.3, 0.4) is 0 Å². The molecule has 1 atom stereocenters. The van der Waals surface area contributed by atoms with E-state index in [1.807, 2.05) is 14.0 Å². The highest BCUT2D eigenvalue weighted by Gasteiger charge is 2.34. The third-order valence-electron chi connectivity index (χ3n) is 3.84. The maximum atomic E-state index is 11.2. The topological polar surface area (TPSA) is 40.5 Å². The Kier molecular flexibility index (Phi) is 5.14. The molecule has 0 bridgehead atoms.